The fraction of sp³-hybridized carbons (Fsp3) is 0.673. The zero-order valence-corrected chi connectivity index (χ0v) is 37.7. The number of alkyl halides is 3. The molecule has 0 heterocycles. The molecular formula is C49H73F3O8. The number of halogens is 3. The molecule has 4 atom stereocenters. The van der Waals surface area contributed by atoms with Gasteiger partial charge in [0, 0.05) is 5.56 Å². The maximum absolute atomic E-state index is 16.3. The highest BCUT2D eigenvalue weighted by atomic mass is 19.4. The second kappa shape index (κ2) is 26.4. The average molecular weight is 847 g/mol. The Labute approximate surface area is 357 Å². The molecule has 338 valence electrons. The molecule has 4 unspecified atom stereocenters. The number of hydrogen-bond acceptors (Lipinski definition) is 6. The zero-order chi connectivity index (χ0) is 45.0. The van der Waals surface area contributed by atoms with Crippen LogP contribution >= 0.6 is 0 Å². The molecule has 0 amide bonds. The van der Waals surface area contributed by atoms with Crippen molar-refractivity contribution < 1.29 is 52.0 Å². The molecule has 0 aliphatic rings. The van der Waals surface area contributed by atoms with E-state index < -0.39 is 63.4 Å². The number of hydrogen-bond donors (Lipinski definition) is 2. The number of unbranched alkanes of at least 4 members (excludes halogenated alkanes) is 4. The Morgan fingerprint density at radius 3 is 1.37 bits per heavy atom. The first kappa shape index (κ1) is 52.2. The molecule has 60 heavy (non-hydrogen) atoms. The number of esters is 2. The smallest absolute Gasteiger partial charge is 0.417 e. The minimum absolute atomic E-state index is 0.0366. The quantitative estimate of drug-likeness (QED) is 0.0775. The zero-order valence-electron chi connectivity index (χ0n) is 37.7. The molecule has 0 aliphatic carbocycles. The van der Waals surface area contributed by atoms with E-state index in [1.807, 2.05) is 55.4 Å². The van der Waals surface area contributed by atoms with Crippen molar-refractivity contribution in [1.29, 1.82) is 0 Å². The summed E-state index contributed by atoms with van der Waals surface area (Å²) in [6.07, 6.45) is 6.57. The highest BCUT2D eigenvalue weighted by Gasteiger charge is 2.45. The van der Waals surface area contributed by atoms with Gasteiger partial charge in [0.2, 0.25) is 0 Å². The van der Waals surface area contributed by atoms with E-state index in [4.69, 9.17) is 9.47 Å². The number of ether oxygens (including phenoxy) is 2. The first-order chi connectivity index (χ1) is 28.6. The van der Waals surface area contributed by atoms with Crippen molar-refractivity contribution in [2.24, 2.45) is 23.7 Å². The third-order valence-electron chi connectivity index (χ3n) is 12.2. The van der Waals surface area contributed by atoms with Gasteiger partial charge < -0.3 is 19.7 Å². The Morgan fingerprint density at radius 2 is 0.983 bits per heavy atom. The maximum atomic E-state index is 16.3. The predicted molar refractivity (Wildman–Crippen MR) is 232 cm³/mol. The number of rotatable bonds is 29. The lowest BCUT2D eigenvalue weighted by atomic mass is 9.75. The van der Waals surface area contributed by atoms with Gasteiger partial charge in [0.25, 0.3) is 0 Å². The van der Waals surface area contributed by atoms with Crippen molar-refractivity contribution in [3.8, 4) is 11.1 Å². The number of carboxylic acids is 2. The largest absolute Gasteiger partial charge is 0.478 e. The highest BCUT2D eigenvalue weighted by molar-refractivity contribution is 6.14. The Kier molecular flexibility index (Phi) is 23.0. The van der Waals surface area contributed by atoms with Crippen LogP contribution in [0.4, 0.5) is 13.2 Å². The first-order valence-corrected chi connectivity index (χ1v) is 22.8. The summed E-state index contributed by atoms with van der Waals surface area (Å²) in [5.74, 6) is -6.30. The van der Waals surface area contributed by atoms with E-state index >= 15 is 18.0 Å². The van der Waals surface area contributed by atoms with Crippen LogP contribution in [0.3, 0.4) is 0 Å². The Bertz CT molecular complexity index is 1680. The molecule has 0 aliphatic heterocycles. The molecule has 2 aromatic carbocycles. The topological polar surface area (TPSA) is 127 Å². The van der Waals surface area contributed by atoms with Crippen LogP contribution in [0.5, 0.6) is 0 Å². The van der Waals surface area contributed by atoms with Crippen molar-refractivity contribution in [2.75, 3.05) is 13.2 Å². The summed E-state index contributed by atoms with van der Waals surface area (Å²) in [7, 11) is 0. The van der Waals surface area contributed by atoms with Crippen molar-refractivity contribution in [1.82, 2.24) is 0 Å². The van der Waals surface area contributed by atoms with Gasteiger partial charge in [0.05, 0.1) is 41.0 Å². The summed E-state index contributed by atoms with van der Waals surface area (Å²) >= 11 is 0. The van der Waals surface area contributed by atoms with Crippen LogP contribution in [0, 0.1) is 23.7 Å². The summed E-state index contributed by atoms with van der Waals surface area (Å²) in [6, 6.07) is 3.45. The Balaban J connectivity index is 3.47. The van der Waals surface area contributed by atoms with Gasteiger partial charge in [-0.15, -0.1) is 0 Å². The Hall–Kier alpha value is -3.89. The van der Waals surface area contributed by atoms with Crippen LogP contribution in [0.2, 0.25) is 0 Å². The SMILES string of the molecule is CCCCC(CC)COC(=O)c1c(CC(CC)CCCC)c(CC(CC)CCCC)c(C(F)(F)F)c(C(=O)OCC(CC)CCCC)c1-c1cccc(C(=O)O)c1C(=O)O. The van der Waals surface area contributed by atoms with Crippen LogP contribution in [0.1, 0.15) is 216 Å². The normalized spacial score (nSPS) is 13.7. The monoisotopic (exact) mass is 847 g/mol. The van der Waals surface area contributed by atoms with E-state index in [0.717, 1.165) is 63.9 Å². The molecule has 2 rings (SSSR count). The third-order valence-corrected chi connectivity index (χ3v) is 12.2. The molecule has 2 N–H and O–H groups in total. The van der Waals surface area contributed by atoms with Crippen molar-refractivity contribution in [3.63, 3.8) is 0 Å². The molecule has 0 spiro atoms. The number of carbonyl (C=O) groups is 4. The number of carbonyl (C=O) groups excluding carboxylic acids is 2. The number of aromatic carboxylic acids is 2. The van der Waals surface area contributed by atoms with Gasteiger partial charge in [-0.25, -0.2) is 19.2 Å². The van der Waals surface area contributed by atoms with E-state index in [1.165, 1.54) is 12.1 Å². The molecule has 0 saturated heterocycles. The molecule has 0 bridgehead atoms. The van der Waals surface area contributed by atoms with Crippen LogP contribution in [-0.2, 0) is 28.5 Å². The van der Waals surface area contributed by atoms with Crippen molar-refractivity contribution in [3.05, 3.63) is 57.1 Å². The third kappa shape index (κ3) is 14.6. The summed E-state index contributed by atoms with van der Waals surface area (Å²) in [5, 5.41) is 20.9. The predicted octanol–water partition coefficient (Wildman–Crippen LogP) is 14.0. The molecule has 2 aromatic rings. The van der Waals surface area contributed by atoms with Crippen LogP contribution in [0.25, 0.3) is 11.1 Å². The fourth-order valence-corrected chi connectivity index (χ4v) is 8.28. The fourth-order valence-electron chi connectivity index (χ4n) is 8.28. The summed E-state index contributed by atoms with van der Waals surface area (Å²) in [5.41, 5.74) is -5.29. The van der Waals surface area contributed by atoms with Gasteiger partial charge in [-0.05, 0) is 72.1 Å². The van der Waals surface area contributed by atoms with Crippen LogP contribution in [-0.4, -0.2) is 47.3 Å². The van der Waals surface area contributed by atoms with Gasteiger partial charge in [0.1, 0.15) is 0 Å². The lowest BCUT2D eigenvalue weighted by Gasteiger charge is -2.30. The molecule has 8 nitrogen and oxygen atoms in total. The van der Waals surface area contributed by atoms with E-state index in [2.05, 4.69) is 0 Å². The van der Waals surface area contributed by atoms with Gasteiger partial charge >= 0.3 is 30.1 Å². The minimum Gasteiger partial charge on any atom is -0.478 e. The van der Waals surface area contributed by atoms with Crippen LogP contribution in [0.15, 0.2) is 18.2 Å². The molecule has 0 radical (unpaired) electrons. The van der Waals surface area contributed by atoms with Crippen molar-refractivity contribution >= 4 is 23.9 Å². The lowest BCUT2D eigenvalue weighted by molar-refractivity contribution is -0.138. The Morgan fingerprint density at radius 1 is 0.567 bits per heavy atom. The summed E-state index contributed by atoms with van der Waals surface area (Å²) in [4.78, 5) is 55.6. The molecule has 0 fully saturated rings. The number of benzene rings is 2. The minimum atomic E-state index is -5.17. The summed E-state index contributed by atoms with van der Waals surface area (Å²) in [6.45, 7) is 15.6. The molecule has 11 heteroatoms. The lowest BCUT2D eigenvalue weighted by Crippen LogP contribution is -2.28. The standard InChI is InChI=1S/C49H73F3O8/c1-9-17-22-32(13-5)28-38-39(29-33(14-6)23-18-10-2)44(49(50,51)52)43(48(58)60-31-35(16-8)25-20-12-4)41(36-26-21-27-37(45(53)54)40(36)46(55)56)42(38)47(57)59-30-34(15-7)24-19-11-3/h21,26-27,32-35H,9-20,22-25,28-31H2,1-8H3,(H,53,54)(H,55,56). The molecule has 0 aromatic heterocycles. The van der Waals surface area contributed by atoms with Gasteiger partial charge in [-0.3, -0.25) is 0 Å². The second-order valence-electron chi connectivity index (χ2n) is 16.6. The maximum Gasteiger partial charge on any atom is 0.417 e. The van der Waals surface area contributed by atoms with Gasteiger partial charge in [0.15, 0.2) is 0 Å². The van der Waals surface area contributed by atoms with E-state index in [-0.39, 0.29) is 66.4 Å². The number of carboxylic acid groups (broad SMARTS) is 2. The second-order valence-corrected chi connectivity index (χ2v) is 16.6. The van der Waals surface area contributed by atoms with Gasteiger partial charge in [-0.1, -0.05) is 157 Å². The van der Waals surface area contributed by atoms with Crippen molar-refractivity contribution in [2.45, 2.75) is 177 Å². The highest BCUT2D eigenvalue weighted by Crippen LogP contribution is 2.47. The molecule has 0 saturated carbocycles. The van der Waals surface area contributed by atoms with E-state index in [0.29, 0.717) is 44.9 Å². The summed E-state index contributed by atoms with van der Waals surface area (Å²) < 4.78 is 60.8. The van der Waals surface area contributed by atoms with Gasteiger partial charge in [-0.2, -0.15) is 13.2 Å². The molecular weight excluding hydrogens is 774 g/mol. The van der Waals surface area contributed by atoms with E-state index in [9.17, 15) is 24.6 Å². The average Bonchev–Trinajstić information content (AvgIpc) is 3.22. The first-order valence-electron chi connectivity index (χ1n) is 22.8. The van der Waals surface area contributed by atoms with E-state index in [1.54, 1.807) is 0 Å². The van der Waals surface area contributed by atoms with Crippen LogP contribution < -0.4 is 0 Å².